The lowest BCUT2D eigenvalue weighted by molar-refractivity contribution is 0.126. The Morgan fingerprint density at radius 1 is 1.42 bits per heavy atom. The number of nitrogens with zero attached hydrogens (tertiary/aromatic N) is 1. The number of benzene rings is 1. The monoisotopic (exact) mass is 295 g/mol. The van der Waals surface area contributed by atoms with E-state index in [0.29, 0.717) is 9.87 Å². The quantitative estimate of drug-likeness (QED) is 0.852. The minimum Gasteiger partial charge on any atom is -0.495 e. The molecule has 0 bridgehead atoms. The fraction of sp³-hybridized carbons (Fsp3) is 0.455. The number of hydrogen-bond donors (Lipinski definition) is 1. The van der Waals surface area contributed by atoms with Gasteiger partial charge in [-0.2, -0.15) is 4.31 Å². The first-order valence-corrected chi connectivity index (χ1v) is 6.79. The lowest BCUT2D eigenvalue weighted by Gasteiger charge is -2.18. The van der Waals surface area contributed by atoms with Crippen molar-refractivity contribution in [2.24, 2.45) is 0 Å². The third-order valence-electron chi connectivity index (χ3n) is 2.49. The molecule has 0 saturated heterocycles. The van der Waals surface area contributed by atoms with Crippen LogP contribution in [0, 0.1) is 0 Å². The molecule has 0 aromatic heterocycles. The van der Waals surface area contributed by atoms with Crippen molar-refractivity contribution in [1.82, 2.24) is 4.31 Å². The molecule has 1 N–H and O–H groups in total. The van der Waals surface area contributed by atoms with Gasteiger partial charge in [0.05, 0.1) is 20.3 Å². The number of hydrogen-bond acceptors (Lipinski definition) is 4. The van der Waals surface area contributed by atoms with Crippen LogP contribution in [0.15, 0.2) is 23.1 Å². The molecule has 1 rings (SSSR count). The van der Waals surface area contributed by atoms with Gasteiger partial charge in [-0.05, 0) is 17.7 Å². The van der Waals surface area contributed by atoms with Crippen molar-refractivity contribution in [3.8, 4) is 5.75 Å². The summed E-state index contributed by atoms with van der Waals surface area (Å²) in [7, 11) is -1.75. The van der Waals surface area contributed by atoms with Crippen LogP contribution in [-0.2, 0) is 16.6 Å². The highest BCUT2D eigenvalue weighted by Crippen LogP contribution is 2.27. The zero-order valence-corrected chi connectivity index (χ0v) is 11.3. The number of aliphatic hydroxyl groups excluding tert-OH is 1. The van der Waals surface area contributed by atoms with E-state index in [9.17, 15) is 17.2 Å². The topological polar surface area (TPSA) is 66.8 Å². The first-order valence-electron chi connectivity index (χ1n) is 5.35. The molecule has 1 aromatic carbocycles. The summed E-state index contributed by atoms with van der Waals surface area (Å²) in [6, 6.07) is 4.07. The number of halogens is 2. The zero-order valence-electron chi connectivity index (χ0n) is 10.5. The van der Waals surface area contributed by atoms with Crippen LogP contribution in [0.5, 0.6) is 5.75 Å². The predicted octanol–water partition coefficient (Wildman–Crippen LogP) is 1.07. The number of ether oxygens (including phenoxy) is 1. The van der Waals surface area contributed by atoms with Crippen molar-refractivity contribution < 1.29 is 27.0 Å². The van der Waals surface area contributed by atoms with Crippen LogP contribution in [0.4, 0.5) is 8.78 Å². The summed E-state index contributed by atoms with van der Waals surface area (Å²) in [5.41, 5.74) is 0.352. The van der Waals surface area contributed by atoms with Crippen LogP contribution < -0.4 is 4.74 Å². The number of methoxy groups -OCH3 is 1. The van der Waals surface area contributed by atoms with Gasteiger partial charge in [0.25, 0.3) is 6.43 Å². The third kappa shape index (κ3) is 3.62. The normalized spacial score (nSPS) is 12.2. The average Bonchev–Trinajstić information content (AvgIpc) is 2.37. The Morgan fingerprint density at radius 2 is 2.05 bits per heavy atom. The summed E-state index contributed by atoms with van der Waals surface area (Å²) in [4.78, 5) is -0.246. The Hall–Kier alpha value is -1.25. The second-order valence-corrected chi connectivity index (χ2v) is 5.83. The molecule has 8 heteroatoms. The van der Waals surface area contributed by atoms with Gasteiger partial charge in [0.2, 0.25) is 10.0 Å². The smallest absolute Gasteiger partial charge is 0.252 e. The molecule has 19 heavy (non-hydrogen) atoms. The first kappa shape index (κ1) is 15.8. The van der Waals surface area contributed by atoms with Crippen molar-refractivity contribution >= 4 is 10.0 Å². The fourth-order valence-corrected chi connectivity index (χ4v) is 2.83. The number of sulfonamides is 1. The zero-order chi connectivity index (χ0) is 14.6. The second kappa shape index (κ2) is 6.27. The molecular weight excluding hydrogens is 280 g/mol. The van der Waals surface area contributed by atoms with Gasteiger partial charge in [-0.3, -0.25) is 0 Å². The van der Waals surface area contributed by atoms with Crippen LogP contribution in [-0.4, -0.2) is 45.0 Å². The highest BCUT2D eigenvalue weighted by molar-refractivity contribution is 7.89. The molecule has 0 atom stereocenters. The van der Waals surface area contributed by atoms with Crippen molar-refractivity contribution in [3.05, 3.63) is 23.8 Å². The number of rotatable bonds is 6. The van der Waals surface area contributed by atoms with E-state index in [1.165, 1.54) is 25.3 Å². The molecule has 0 radical (unpaired) electrons. The SMILES string of the molecule is COc1ccc(CO)cc1S(=O)(=O)N(C)CC(F)F. The van der Waals surface area contributed by atoms with Gasteiger partial charge in [0, 0.05) is 7.05 Å². The Bertz CT molecular complexity index is 533. The van der Waals surface area contributed by atoms with E-state index in [1.807, 2.05) is 0 Å². The molecule has 0 saturated carbocycles. The molecular formula is C11H15F2NO4S. The van der Waals surface area contributed by atoms with Crippen LogP contribution >= 0.6 is 0 Å². The lowest BCUT2D eigenvalue weighted by Crippen LogP contribution is -2.31. The summed E-state index contributed by atoms with van der Waals surface area (Å²) in [5.74, 6) is 0.0401. The Balaban J connectivity index is 3.26. The number of aliphatic hydroxyl groups is 1. The van der Waals surface area contributed by atoms with Crippen molar-refractivity contribution in [2.45, 2.75) is 17.9 Å². The van der Waals surface area contributed by atoms with Crippen LogP contribution in [0.3, 0.4) is 0 Å². The maximum Gasteiger partial charge on any atom is 0.252 e. The van der Waals surface area contributed by atoms with Gasteiger partial charge in [-0.15, -0.1) is 0 Å². The predicted molar refractivity (Wildman–Crippen MR) is 64.7 cm³/mol. The average molecular weight is 295 g/mol. The van der Waals surface area contributed by atoms with Gasteiger partial charge in [0.1, 0.15) is 10.6 Å². The molecule has 0 spiro atoms. The van der Waals surface area contributed by atoms with E-state index in [0.717, 1.165) is 7.05 Å². The van der Waals surface area contributed by atoms with Gasteiger partial charge >= 0.3 is 0 Å². The van der Waals surface area contributed by atoms with E-state index in [2.05, 4.69) is 0 Å². The summed E-state index contributed by atoms with van der Waals surface area (Å²) >= 11 is 0. The van der Waals surface area contributed by atoms with Gasteiger partial charge in [0.15, 0.2) is 0 Å². The molecule has 0 aliphatic carbocycles. The van der Waals surface area contributed by atoms with Gasteiger partial charge in [-0.25, -0.2) is 17.2 Å². The molecule has 108 valence electrons. The minimum atomic E-state index is -4.09. The minimum absolute atomic E-state index is 0.0401. The van der Waals surface area contributed by atoms with Crippen molar-refractivity contribution in [2.75, 3.05) is 20.7 Å². The maximum absolute atomic E-state index is 12.3. The standard InChI is InChI=1S/C11H15F2NO4S/c1-14(6-11(12)13)19(16,17)10-5-8(7-15)3-4-9(10)18-2/h3-5,11,15H,6-7H2,1-2H3. The molecule has 5 nitrogen and oxygen atoms in total. The lowest BCUT2D eigenvalue weighted by atomic mass is 10.2. The summed E-state index contributed by atoms with van der Waals surface area (Å²) < 4.78 is 54.3. The largest absolute Gasteiger partial charge is 0.495 e. The van der Waals surface area contributed by atoms with Crippen molar-refractivity contribution in [1.29, 1.82) is 0 Å². The summed E-state index contributed by atoms with van der Waals surface area (Å²) in [5, 5.41) is 9.01. The molecule has 0 aliphatic heterocycles. The van der Waals surface area contributed by atoms with E-state index in [-0.39, 0.29) is 17.3 Å². The van der Waals surface area contributed by atoms with Gasteiger partial charge < -0.3 is 9.84 Å². The maximum atomic E-state index is 12.3. The summed E-state index contributed by atoms with van der Waals surface area (Å²) in [6.07, 6.45) is -2.77. The Kier molecular flexibility index (Phi) is 5.21. The molecule has 0 heterocycles. The molecule has 0 unspecified atom stereocenters. The molecule has 0 aliphatic rings. The number of alkyl halides is 2. The third-order valence-corrected chi connectivity index (χ3v) is 4.34. The molecule has 0 fully saturated rings. The summed E-state index contributed by atoms with van der Waals surface area (Å²) in [6.45, 7) is -1.26. The molecule has 0 amide bonds. The molecule has 1 aromatic rings. The van der Waals surface area contributed by atoms with E-state index in [1.54, 1.807) is 0 Å². The van der Waals surface area contributed by atoms with E-state index in [4.69, 9.17) is 9.84 Å². The first-order chi connectivity index (χ1) is 8.82. The van der Waals surface area contributed by atoms with E-state index < -0.39 is 23.0 Å². The van der Waals surface area contributed by atoms with Crippen LogP contribution in [0.1, 0.15) is 5.56 Å². The fourth-order valence-electron chi connectivity index (χ4n) is 1.48. The van der Waals surface area contributed by atoms with Gasteiger partial charge in [-0.1, -0.05) is 6.07 Å². The highest BCUT2D eigenvalue weighted by Gasteiger charge is 2.27. The van der Waals surface area contributed by atoms with E-state index >= 15 is 0 Å². The van der Waals surface area contributed by atoms with Crippen LogP contribution in [0.25, 0.3) is 0 Å². The highest BCUT2D eigenvalue weighted by atomic mass is 32.2. The van der Waals surface area contributed by atoms with Crippen molar-refractivity contribution in [3.63, 3.8) is 0 Å². The Morgan fingerprint density at radius 3 is 2.53 bits per heavy atom. The van der Waals surface area contributed by atoms with Crippen LogP contribution in [0.2, 0.25) is 0 Å². The second-order valence-electron chi connectivity index (χ2n) is 3.82. The Labute approximate surface area is 110 Å².